The van der Waals surface area contributed by atoms with Gasteiger partial charge in [0.15, 0.2) is 0 Å². The molecule has 1 N–H and O–H groups in total. The van der Waals surface area contributed by atoms with Gasteiger partial charge in [0, 0.05) is 24.3 Å². The molecule has 0 bridgehead atoms. The number of carbonyl (C=O) groups is 2. The number of hydrogen-bond acceptors (Lipinski definition) is 3. The summed E-state index contributed by atoms with van der Waals surface area (Å²) >= 11 is 0. The minimum atomic E-state index is -0.473. The topological polar surface area (TPSA) is 58.6 Å². The lowest BCUT2D eigenvalue weighted by Gasteiger charge is -2.17. The van der Waals surface area contributed by atoms with Crippen molar-refractivity contribution in [3.05, 3.63) is 53.8 Å². The van der Waals surface area contributed by atoms with E-state index in [4.69, 9.17) is 4.74 Å². The third-order valence-corrected chi connectivity index (χ3v) is 4.32. The molecule has 25 heavy (non-hydrogen) atoms. The van der Waals surface area contributed by atoms with Crippen molar-refractivity contribution in [3.63, 3.8) is 0 Å². The SMILES string of the molecule is COc1ccc(N2C[C@@H](C(=O)Nc3ccc(C)c(F)c3)CC2=O)cc1. The molecule has 1 heterocycles. The van der Waals surface area contributed by atoms with Crippen LogP contribution in [0, 0.1) is 18.7 Å². The quantitative estimate of drug-likeness (QED) is 0.929. The number of benzene rings is 2. The first kappa shape index (κ1) is 17.0. The second kappa shape index (κ2) is 6.93. The molecule has 2 aromatic carbocycles. The Balaban J connectivity index is 1.68. The van der Waals surface area contributed by atoms with E-state index in [1.807, 2.05) is 0 Å². The molecule has 1 aliphatic rings. The van der Waals surface area contributed by atoms with Crippen LogP contribution in [0.15, 0.2) is 42.5 Å². The summed E-state index contributed by atoms with van der Waals surface area (Å²) in [5.41, 5.74) is 1.63. The van der Waals surface area contributed by atoms with E-state index < -0.39 is 5.92 Å². The zero-order chi connectivity index (χ0) is 18.0. The molecule has 0 spiro atoms. The number of nitrogens with zero attached hydrogens (tertiary/aromatic N) is 1. The van der Waals surface area contributed by atoms with Gasteiger partial charge in [-0.15, -0.1) is 0 Å². The molecule has 2 amide bonds. The van der Waals surface area contributed by atoms with Crippen molar-refractivity contribution in [2.45, 2.75) is 13.3 Å². The summed E-state index contributed by atoms with van der Waals surface area (Å²) in [6.07, 6.45) is 0.131. The van der Waals surface area contributed by atoms with E-state index in [0.717, 1.165) is 5.69 Å². The fourth-order valence-corrected chi connectivity index (χ4v) is 2.81. The Morgan fingerprint density at radius 1 is 1.24 bits per heavy atom. The molecule has 0 unspecified atom stereocenters. The molecule has 1 saturated heterocycles. The van der Waals surface area contributed by atoms with E-state index in [9.17, 15) is 14.0 Å². The molecule has 0 aliphatic carbocycles. The molecular formula is C19H19FN2O3. The van der Waals surface area contributed by atoms with Gasteiger partial charge in [-0.05, 0) is 48.9 Å². The zero-order valence-corrected chi connectivity index (χ0v) is 14.1. The first-order chi connectivity index (χ1) is 12.0. The summed E-state index contributed by atoms with van der Waals surface area (Å²) in [5.74, 6) is -0.543. The van der Waals surface area contributed by atoms with Gasteiger partial charge in [0.2, 0.25) is 11.8 Å². The van der Waals surface area contributed by atoms with E-state index in [1.54, 1.807) is 55.3 Å². The van der Waals surface area contributed by atoms with Crippen molar-refractivity contribution >= 4 is 23.2 Å². The lowest BCUT2D eigenvalue weighted by atomic mass is 10.1. The minimum absolute atomic E-state index is 0.111. The van der Waals surface area contributed by atoms with Crippen LogP contribution in [0.5, 0.6) is 5.75 Å². The molecule has 0 saturated carbocycles. The summed E-state index contributed by atoms with van der Waals surface area (Å²) < 4.78 is 18.7. The number of anilines is 2. The first-order valence-electron chi connectivity index (χ1n) is 7.99. The number of methoxy groups -OCH3 is 1. The van der Waals surface area contributed by atoms with E-state index in [0.29, 0.717) is 23.5 Å². The van der Waals surface area contributed by atoms with Crippen molar-refractivity contribution in [3.8, 4) is 5.75 Å². The van der Waals surface area contributed by atoms with Gasteiger partial charge in [-0.3, -0.25) is 9.59 Å². The minimum Gasteiger partial charge on any atom is -0.497 e. The van der Waals surface area contributed by atoms with Gasteiger partial charge >= 0.3 is 0 Å². The molecule has 3 rings (SSSR count). The van der Waals surface area contributed by atoms with E-state index in [1.165, 1.54) is 6.07 Å². The Hall–Kier alpha value is -2.89. The maximum atomic E-state index is 13.6. The Labute approximate surface area is 145 Å². The second-order valence-corrected chi connectivity index (χ2v) is 6.06. The van der Waals surface area contributed by atoms with Crippen LogP contribution in [-0.2, 0) is 9.59 Å². The molecule has 2 aromatic rings. The van der Waals surface area contributed by atoms with Crippen molar-refractivity contribution in [2.24, 2.45) is 5.92 Å². The lowest BCUT2D eigenvalue weighted by Crippen LogP contribution is -2.28. The summed E-state index contributed by atoms with van der Waals surface area (Å²) in [4.78, 5) is 26.2. The molecule has 130 valence electrons. The number of hydrogen-bond donors (Lipinski definition) is 1. The first-order valence-corrected chi connectivity index (χ1v) is 7.99. The number of nitrogens with one attached hydrogen (secondary N) is 1. The third kappa shape index (κ3) is 3.63. The number of ether oxygens (including phenoxy) is 1. The fraction of sp³-hybridized carbons (Fsp3) is 0.263. The number of amides is 2. The summed E-state index contributed by atoms with van der Waals surface area (Å²) in [6, 6.07) is 11.6. The van der Waals surface area contributed by atoms with Crippen LogP contribution in [0.2, 0.25) is 0 Å². The van der Waals surface area contributed by atoms with Crippen LogP contribution in [0.3, 0.4) is 0 Å². The van der Waals surface area contributed by atoms with Crippen molar-refractivity contribution in [1.82, 2.24) is 0 Å². The third-order valence-electron chi connectivity index (χ3n) is 4.32. The van der Waals surface area contributed by atoms with Gasteiger partial charge in [-0.1, -0.05) is 6.07 Å². The van der Waals surface area contributed by atoms with Gasteiger partial charge in [0.1, 0.15) is 11.6 Å². The standard InChI is InChI=1S/C19H19FN2O3/c1-12-3-4-14(10-17(12)20)21-19(24)13-9-18(23)22(11-13)15-5-7-16(25-2)8-6-15/h3-8,10,13H,9,11H2,1-2H3,(H,21,24)/t13-/m0/s1. The van der Waals surface area contributed by atoms with Gasteiger partial charge in [-0.25, -0.2) is 4.39 Å². The van der Waals surface area contributed by atoms with Crippen LogP contribution in [-0.4, -0.2) is 25.5 Å². The molecule has 6 heteroatoms. The molecular weight excluding hydrogens is 323 g/mol. The molecule has 1 aliphatic heterocycles. The normalized spacial score (nSPS) is 16.8. The molecule has 0 radical (unpaired) electrons. The van der Waals surface area contributed by atoms with Crippen molar-refractivity contribution in [1.29, 1.82) is 0 Å². The monoisotopic (exact) mass is 342 g/mol. The number of carbonyl (C=O) groups excluding carboxylic acids is 2. The Morgan fingerprint density at radius 2 is 1.96 bits per heavy atom. The van der Waals surface area contributed by atoms with Crippen LogP contribution in [0.1, 0.15) is 12.0 Å². The van der Waals surface area contributed by atoms with Crippen LogP contribution in [0.4, 0.5) is 15.8 Å². The van der Waals surface area contributed by atoms with Gasteiger partial charge in [-0.2, -0.15) is 0 Å². The lowest BCUT2D eigenvalue weighted by molar-refractivity contribution is -0.122. The van der Waals surface area contributed by atoms with E-state index >= 15 is 0 Å². The molecule has 1 atom stereocenters. The number of rotatable bonds is 4. The highest BCUT2D eigenvalue weighted by Gasteiger charge is 2.35. The Bertz CT molecular complexity index is 805. The Kier molecular flexibility index (Phi) is 4.70. The van der Waals surface area contributed by atoms with Crippen LogP contribution >= 0.6 is 0 Å². The van der Waals surface area contributed by atoms with Crippen molar-refractivity contribution in [2.75, 3.05) is 23.9 Å². The maximum absolute atomic E-state index is 13.6. The highest BCUT2D eigenvalue weighted by atomic mass is 19.1. The summed E-state index contributed by atoms with van der Waals surface area (Å²) in [7, 11) is 1.57. The van der Waals surface area contributed by atoms with Crippen molar-refractivity contribution < 1.29 is 18.7 Å². The molecule has 0 aromatic heterocycles. The average molecular weight is 342 g/mol. The highest BCUT2D eigenvalue weighted by Crippen LogP contribution is 2.27. The predicted octanol–water partition coefficient (Wildman–Crippen LogP) is 3.13. The van der Waals surface area contributed by atoms with E-state index in [2.05, 4.69) is 5.32 Å². The largest absolute Gasteiger partial charge is 0.497 e. The van der Waals surface area contributed by atoms with Crippen LogP contribution < -0.4 is 15.0 Å². The number of halogens is 1. The van der Waals surface area contributed by atoms with Gasteiger partial charge in [0.25, 0.3) is 0 Å². The predicted molar refractivity (Wildman–Crippen MR) is 93.2 cm³/mol. The summed E-state index contributed by atoms with van der Waals surface area (Å²) in [5, 5.41) is 2.68. The van der Waals surface area contributed by atoms with Gasteiger partial charge < -0.3 is 15.0 Å². The maximum Gasteiger partial charge on any atom is 0.229 e. The van der Waals surface area contributed by atoms with Crippen LogP contribution in [0.25, 0.3) is 0 Å². The van der Waals surface area contributed by atoms with E-state index in [-0.39, 0.29) is 24.1 Å². The Morgan fingerprint density at radius 3 is 2.60 bits per heavy atom. The average Bonchev–Trinajstić information content (AvgIpc) is 3.00. The highest BCUT2D eigenvalue weighted by molar-refractivity contribution is 6.03. The van der Waals surface area contributed by atoms with Gasteiger partial charge in [0.05, 0.1) is 13.0 Å². The smallest absolute Gasteiger partial charge is 0.229 e. The summed E-state index contributed by atoms with van der Waals surface area (Å²) in [6.45, 7) is 1.95. The second-order valence-electron chi connectivity index (χ2n) is 6.06. The fourth-order valence-electron chi connectivity index (χ4n) is 2.81. The molecule has 1 fully saturated rings. The molecule has 5 nitrogen and oxygen atoms in total. The number of aryl methyl sites for hydroxylation is 1. The zero-order valence-electron chi connectivity index (χ0n) is 14.1.